The number of imidazole rings is 1. The average Bonchev–Trinajstić information content (AvgIpc) is 2.91. The van der Waals surface area contributed by atoms with Gasteiger partial charge in [0.25, 0.3) is 0 Å². The second-order valence-corrected chi connectivity index (χ2v) is 3.42. The van der Waals surface area contributed by atoms with Gasteiger partial charge in [-0.1, -0.05) is 4.98 Å². The van der Waals surface area contributed by atoms with Crippen LogP contribution in [0.3, 0.4) is 0 Å². The number of carbonyl (C=O) groups excluding carboxylic acids is 1. The Balaban J connectivity index is 2.10. The monoisotopic (exact) mass is 268 g/mol. The smallest absolute Gasteiger partial charge is 0.435 e. The van der Waals surface area contributed by atoms with Crippen LogP contribution in [0.15, 0.2) is 24.5 Å². The van der Waals surface area contributed by atoms with Gasteiger partial charge in [0, 0.05) is 12.1 Å². The number of rotatable bonds is 4. The van der Waals surface area contributed by atoms with Crippen LogP contribution in [-0.4, -0.2) is 35.4 Å². The summed E-state index contributed by atoms with van der Waals surface area (Å²) in [6.07, 6.45) is 2.39. The molecule has 2 heterocycles. The number of nitrogens with zero attached hydrogens (tertiary/aromatic N) is 4. The molecule has 10 heteroatoms. The Morgan fingerprint density at radius 1 is 1.42 bits per heavy atom. The second kappa shape index (κ2) is 4.68. The van der Waals surface area contributed by atoms with Crippen molar-refractivity contribution in [2.45, 2.75) is 6.54 Å². The van der Waals surface area contributed by atoms with Crippen molar-refractivity contribution in [3.05, 3.63) is 34.6 Å². The summed E-state index contributed by atoms with van der Waals surface area (Å²) >= 11 is 0. The summed E-state index contributed by atoms with van der Waals surface area (Å²) in [5.41, 5.74) is 0. The molecule has 2 rings (SSSR count). The molecule has 0 radical (unpaired) electrons. The van der Waals surface area contributed by atoms with Crippen molar-refractivity contribution in [2.24, 2.45) is 0 Å². The average molecular weight is 268 g/mol. The molecular weight excluding hydrogens is 260 g/mol. The van der Waals surface area contributed by atoms with Crippen LogP contribution in [0.25, 0.3) is 0 Å². The first-order chi connectivity index (χ1) is 8.99. The normalized spacial score (nSPS) is 10.3. The van der Waals surface area contributed by atoms with Crippen molar-refractivity contribution in [3.8, 4) is 11.8 Å². The van der Waals surface area contributed by atoms with Crippen LogP contribution in [0.1, 0.15) is 0 Å². The van der Waals surface area contributed by atoms with E-state index in [4.69, 9.17) is 0 Å². The van der Waals surface area contributed by atoms with Crippen molar-refractivity contribution in [1.29, 1.82) is 0 Å². The van der Waals surface area contributed by atoms with E-state index in [1.165, 1.54) is 6.20 Å². The maximum atomic E-state index is 11.5. The first kappa shape index (κ1) is 12.4. The number of aromatic hydroxyl groups is 2. The summed E-state index contributed by atoms with van der Waals surface area (Å²) < 4.78 is 1.45. The number of aromatic nitrogens is 3. The Morgan fingerprint density at radius 2 is 2.05 bits per heavy atom. The van der Waals surface area contributed by atoms with Gasteiger partial charge in [0.2, 0.25) is 11.8 Å². The molecule has 0 saturated heterocycles. The van der Waals surface area contributed by atoms with E-state index in [0.717, 1.165) is 22.9 Å². The maximum absolute atomic E-state index is 11.5. The van der Waals surface area contributed by atoms with Crippen LogP contribution in [0.5, 0.6) is 11.8 Å². The van der Waals surface area contributed by atoms with Gasteiger partial charge < -0.3 is 25.2 Å². The lowest BCUT2D eigenvalue weighted by Gasteiger charge is -2.06. The van der Waals surface area contributed by atoms with Gasteiger partial charge in [0.15, 0.2) is 6.54 Å². The number of hydrogen-bond acceptors (Lipinski definition) is 7. The summed E-state index contributed by atoms with van der Waals surface area (Å²) in [6.45, 7) is -0.493. The van der Waals surface area contributed by atoms with Gasteiger partial charge >= 0.3 is 11.9 Å². The Bertz CT molecular complexity index is 611. The Hall–Kier alpha value is -3.04. The fraction of sp³-hybridized carbons (Fsp3) is 0.111. The fourth-order valence-corrected chi connectivity index (χ4v) is 1.36. The highest BCUT2D eigenvalue weighted by atomic mass is 16.7. The fourth-order valence-electron chi connectivity index (χ4n) is 1.36. The molecule has 2 aromatic heterocycles. The molecular formula is C9H8N4O6. The summed E-state index contributed by atoms with van der Waals surface area (Å²) in [4.78, 5) is 29.4. The summed E-state index contributed by atoms with van der Waals surface area (Å²) in [6, 6.07) is 2.23. The Labute approximate surface area is 105 Å². The second-order valence-electron chi connectivity index (χ2n) is 3.42. The minimum atomic E-state index is -0.928. The Kier molecular flexibility index (Phi) is 3.06. The maximum Gasteiger partial charge on any atom is 0.435 e. The van der Waals surface area contributed by atoms with E-state index in [-0.39, 0.29) is 0 Å². The minimum Gasteiger partial charge on any atom is -0.492 e. The first-order valence-corrected chi connectivity index (χ1v) is 4.95. The first-order valence-electron chi connectivity index (χ1n) is 4.95. The predicted molar refractivity (Wildman–Crippen MR) is 58.2 cm³/mol. The molecule has 0 saturated carbocycles. The number of carbonyl (C=O) groups is 1. The van der Waals surface area contributed by atoms with Crippen LogP contribution in [0, 0.1) is 10.1 Å². The molecule has 0 fully saturated rings. The quantitative estimate of drug-likeness (QED) is 0.572. The minimum absolute atomic E-state index is 0.481. The molecule has 19 heavy (non-hydrogen) atoms. The molecule has 2 N–H and O–H groups in total. The van der Waals surface area contributed by atoms with E-state index in [2.05, 4.69) is 9.82 Å². The van der Waals surface area contributed by atoms with Crippen molar-refractivity contribution in [2.75, 3.05) is 0 Å². The lowest BCUT2D eigenvalue weighted by molar-refractivity contribution is -0.396. The van der Waals surface area contributed by atoms with Crippen LogP contribution < -0.4 is 4.84 Å². The van der Waals surface area contributed by atoms with E-state index < -0.39 is 35.1 Å². The number of hydrogen-bond donors (Lipinski definition) is 2. The predicted octanol–water partition coefficient (Wildman–Crippen LogP) is -0.341. The third kappa shape index (κ3) is 2.46. The van der Waals surface area contributed by atoms with Gasteiger partial charge in [-0.3, -0.25) is 0 Å². The van der Waals surface area contributed by atoms with Crippen LogP contribution in [0.4, 0.5) is 5.95 Å². The topological polar surface area (TPSA) is 133 Å². The molecule has 0 aliphatic carbocycles. The molecule has 0 aliphatic heterocycles. The molecule has 100 valence electrons. The van der Waals surface area contributed by atoms with Crippen LogP contribution >= 0.6 is 0 Å². The van der Waals surface area contributed by atoms with Gasteiger partial charge in [-0.25, -0.2) is 9.36 Å². The molecule has 10 nitrogen and oxygen atoms in total. The van der Waals surface area contributed by atoms with Crippen LogP contribution in [-0.2, 0) is 11.3 Å². The zero-order valence-corrected chi connectivity index (χ0v) is 9.33. The van der Waals surface area contributed by atoms with Gasteiger partial charge in [0.05, 0.1) is 0 Å². The standard InChI is InChI=1S/C9H8N4O6/c14-6-1-2-7(15)12(6)19-8(16)5-11-4-3-10-9(11)13(17)18/h1-4,14-15H,5H2. The van der Waals surface area contributed by atoms with Crippen molar-refractivity contribution >= 4 is 11.9 Å². The van der Waals surface area contributed by atoms with Gasteiger partial charge in [0.1, 0.15) is 12.4 Å². The van der Waals surface area contributed by atoms with Crippen molar-refractivity contribution in [3.63, 3.8) is 0 Å². The lowest BCUT2D eigenvalue weighted by Crippen LogP contribution is -2.23. The van der Waals surface area contributed by atoms with E-state index in [9.17, 15) is 25.1 Å². The molecule has 0 unspecified atom stereocenters. The molecule has 0 atom stereocenters. The van der Waals surface area contributed by atoms with Crippen molar-refractivity contribution < 1.29 is 24.8 Å². The van der Waals surface area contributed by atoms with Crippen molar-refractivity contribution in [1.82, 2.24) is 14.3 Å². The Morgan fingerprint density at radius 3 is 2.63 bits per heavy atom. The molecule has 0 aromatic carbocycles. The molecule has 0 amide bonds. The van der Waals surface area contributed by atoms with Gasteiger partial charge in [-0.2, -0.15) is 0 Å². The summed E-state index contributed by atoms with van der Waals surface area (Å²) in [7, 11) is 0. The largest absolute Gasteiger partial charge is 0.492 e. The summed E-state index contributed by atoms with van der Waals surface area (Å²) in [5.74, 6) is -2.40. The van der Waals surface area contributed by atoms with E-state index in [1.807, 2.05) is 0 Å². The van der Waals surface area contributed by atoms with E-state index >= 15 is 0 Å². The third-order valence-corrected chi connectivity index (χ3v) is 2.15. The molecule has 0 bridgehead atoms. The number of nitro groups is 1. The molecule has 0 spiro atoms. The summed E-state index contributed by atoms with van der Waals surface area (Å²) in [5, 5.41) is 29.1. The lowest BCUT2D eigenvalue weighted by atomic mass is 10.6. The van der Waals surface area contributed by atoms with Crippen LogP contribution in [0.2, 0.25) is 0 Å². The third-order valence-electron chi connectivity index (χ3n) is 2.15. The molecule has 2 aromatic rings. The SMILES string of the molecule is O=C(Cn1ccnc1[N+](=O)[O-])On1c(O)ccc1O. The zero-order valence-electron chi connectivity index (χ0n) is 9.33. The van der Waals surface area contributed by atoms with E-state index in [1.54, 1.807) is 0 Å². The van der Waals surface area contributed by atoms with E-state index in [0.29, 0.717) is 4.73 Å². The highest BCUT2D eigenvalue weighted by Gasteiger charge is 2.19. The molecule has 0 aliphatic rings. The zero-order chi connectivity index (χ0) is 14.0. The van der Waals surface area contributed by atoms with Gasteiger partial charge in [-0.05, 0) is 4.92 Å². The highest BCUT2D eigenvalue weighted by molar-refractivity contribution is 5.70. The highest BCUT2D eigenvalue weighted by Crippen LogP contribution is 2.18. The van der Waals surface area contributed by atoms with Gasteiger partial charge in [-0.15, -0.1) is 4.73 Å².